The van der Waals surface area contributed by atoms with Crippen LogP contribution in [0.4, 0.5) is 5.69 Å². The molecule has 0 aliphatic heterocycles. The highest BCUT2D eigenvalue weighted by Crippen LogP contribution is 2.50. The molecule has 254 valence electrons. The maximum absolute atomic E-state index is 13.5. The van der Waals surface area contributed by atoms with Gasteiger partial charge in [-0.3, -0.25) is 14.4 Å². The van der Waals surface area contributed by atoms with Crippen LogP contribution >= 0.6 is 0 Å². The molecule has 1 atom stereocenters. The van der Waals surface area contributed by atoms with Crippen molar-refractivity contribution in [2.24, 2.45) is 0 Å². The largest absolute Gasteiger partial charge is 0.493 e. The number of anilines is 1. The second kappa shape index (κ2) is 16.2. The van der Waals surface area contributed by atoms with Gasteiger partial charge in [0.1, 0.15) is 5.82 Å². The highest BCUT2D eigenvalue weighted by Gasteiger charge is 2.29. The number of nitrogens with one attached hydrogen (secondary N) is 4. The summed E-state index contributed by atoms with van der Waals surface area (Å²) in [4.78, 5) is 46.1. The lowest BCUT2D eigenvalue weighted by atomic mass is 9.95. The number of unbranched alkanes of at least 4 members (excludes halogenated alkanes) is 2. The summed E-state index contributed by atoms with van der Waals surface area (Å²) >= 11 is 0. The number of para-hydroxylation sites is 2. The van der Waals surface area contributed by atoms with Crippen LogP contribution in [0.25, 0.3) is 22.2 Å². The molecular weight excluding hydrogens is 610 g/mol. The van der Waals surface area contributed by atoms with Gasteiger partial charge in [0, 0.05) is 38.4 Å². The number of hydrogen-bond acceptors (Lipinski definition) is 8. The van der Waals surface area contributed by atoms with E-state index in [0.29, 0.717) is 67.3 Å². The van der Waals surface area contributed by atoms with E-state index >= 15 is 0 Å². The maximum atomic E-state index is 13.5. The minimum atomic E-state index is -0.381. The third-order valence-electron chi connectivity index (χ3n) is 8.66. The van der Waals surface area contributed by atoms with Gasteiger partial charge in [0.15, 0.2) is 11.5 Å². The molecule has 3 aromatic carbocycles. The number of methoxy groups -OCH3 is 3. The first-order valence-corrected chi connectivity index (χ1v) is 16.5. The van der Waals surface area contributed by atoms with Crippen LogP contribution in [0, 0.1) is 0 Å². The van der Waals surface area contributed by atoms with E-state index in [1.807, 2.05) is 36.4 Å². The molecule has 1 unspecified atom stereocenters. The molecule has 1 aliphatic rings. The second-order valence-corrected chi connectivity index (χ2v) is 12.0. The lowest BCUT2D eigenvalue weighted by Crippen LogP contribution is -2.26. The summed E-state index contributed by atoms with van der Waals surface area (Å²) in [6.45, 7) is 2.56. The summed E-state index contributed by atoms with van der Waals surface area (Å²) in [6, 6.07) is 14.8. The molecule has 48 heavy (non-hydrogen) atoms. The predicted octanol–water partition coefficient (Wildman–Crippen LogP) is 5.46. The quantitative estimate of drug-likeness (QED) is 0.124. The van der Waals surface area contributed by atoms with Crippen molar-refractivity contribution in [1.82, 2.24) is 20.6 Å². The number of H-pyrrole nitrogens is 1. The molecule has 2 amide bonds. The average molecular weight is 656 g/mol. The number of imidazole rings is 1. The molecule has 4 N–H and O–H groups in total. The van der Waals surface area contributed by atoms with Crippen molar-refractivity contribution in [1.29, 1.82) is 0 Å². The number of carbonyl (C=O) groups excluding carboxylic acids is 2. The van der Waals surface area contributed by atoms with Gasteiger partial charge >= 0.3 is 0 Å². The van der Waals surface area contributed by atoms with Crippen molar-refractivity contribution >= 4 is 28.5 Å². The minimum absolute atomic E-state index is 0.00649. The lowest BCUT2D eigenvalue weighted by molar-refractivity contribution is -0.121. The van der Waals surface area contributed by atoms with E-state index in [4.69, 9.17) is 14.2 Å². The van der Waals surface area contributed by atoms with Crippen LogP contribution in [0.2, 0.25) is 0 Å². The Balaban J connectivity index is 1.18. The van der Waals surface area contributed by atoms with Gasteiger partial charge in [0.2, 0.25) is 23.0 Å². The van der Waals surface area contributed by atoms with Crippen LogP contribution in [0.15, 0.2) is 53.3 Å². The fourth-order valence-electron chi connectivity index (χ4n) is 6.36. The average Bonchev–Trinajstić information content (AvgIpc) is 3.36. The number of amides is 2. The van der Waals surface area contributed by atoms with E-state index in [1.165, 1.54) is 6.92 Å². The third-order valence-corrected chi connectivity index (χ3v) is 8.66. The van der Waals surface area contributed by atoms with Gasteiger partial charge in [-0.2, -0.15) is 0 Å². The Bertz CT molecular complexity index is 1790. The number of nitrogens with zero attached hydrogens (tertiary/aromatic N) is 1. The van der Waals surface area contributed by atoms with Gasteiger partial charge in [-0.15, -0.1) is 0 Å². The first-order valence-electron chi connectivity index (χ1n) is 16.5. The first-order chi connectivity index (χ1) is 23.3. The fourth-order valence-corrected chi connectivity index (χ4v) is 6.36. The fraction of sp³-hybridized carbons (Fsp3) is 0.405. The van der Waals surface area contributed by atoms with Crippen molar-refractivity contribution < 1.29 is 23.8 Å². The molecule has 0 spiro atoms. The molecule has 1 aromatic heterocycles. The van der Waals surface area contributed by atoms with E-state index in [-0.39, 0.29) is 23.3 Å². The van der Waals surface area contributed by atoms with Crippen molar-refractivity contribution in [2.45, 2.75) is 64.3 Å². The minimum Gasteiger partial charge on any atom is -0.493 e. The Kier molecular flexibility index (Phi) is 11.5. The number of fused-ring (bicyclic) bond motifs is 4. The van der Waals surface area contributed by atoms with Crippen molar-refractivity contribution in [3.8, 4) is 28.4 Å². The highest BCUT2D eigenvalue weighted by atomic mass is 16.5. The zero-order valence-electron chi connectivity index (χ0n) is 28.2. The second-order valence-electron chi connectivity index (χ2n) is 12.0. The molecule has 11 nitrogen and oxygen atoms in total. The molecule has 5 rings (SSSR count). The van der Waals surface area contributed by atoms with Crippen molar-refractivity contribution in [3.05, 3.63) is 75.7 Å². The summed E-state index contributed by atoms with van der Waals surface area (Å²) < 4.78 is 17.1. The Labute approximate surface area is 280 Å². The van der Waals surface area contributed by atoms with Gasteiger partial charge in [-0.1, -0.05) is 24.6 Å². The molecule has 0 saturated heterocycles. The maximum Gasteiger partial charge on any atom is 0.220 e. The number of benzene rings is 2. The van der Waals surface area contributed by atoms with E-state index in [2.05, 4.69) is 25.9 Å². The molecule has 0 fully saturated rings. The van der Waals surface area contributed by atoms with E-state index < -0.39 is 0 Å². The molecule has 0 bridgehead atoms. The lowest BCUT2D eigenvalue weighted by Gasteiger charge is -2.19. The van der Waals surface area contributed by atoms with Crippen LogP contribution in [0.5, 0.6) is 17.2 Å². The number of aromatic amines is 1. The number of aromatic nitrogens is 2. The van der Waals surface area contributed by atoms with Crippen LogP contribution < -0.4 is 35.6 Å². The zero-order chi connectivity index (χ0) is 34.0. The van der Waals surface area contributed by atoms with Crippen LogP contribution in [0.3, 0.4) is 0 Å². The van der Waals surface area contributed by atoms with E-state index in [1.54, 1.807) is 33.5 Å². The summed E-state index contributed by atoms with van der Waals surface area (Å²) in [5.74, 6) is 2.31. The molecular formula is C37H45N5O6. The molecule has 0 saturated carbocycles. The monoisotopic (exact) mass is 655 g/mol. The number of carbonyl (C=O) groups is 2. The smallest absolute Gasteiger partial charge is 0.220 e. The van der Waals surface area contributed by atoms with E-state index in [9.17, 15) is 14.4 Å². The standard InChI is InChI=1S/C37H45N5O6/c1-23(43)40-27-17-15-24-21-32(46-2)36(47-3)37(48-4)35(24)25-16-18-30(31(44)22-26(25)27)38-20-10-14-34(45)39-19-9-5-6-13-33-41-28-11-7-8-12-29(28)42-33/h7-8,11-12,16,18,21-22,27H,5-6,9-10,13-15,17,19-20H2,1-4H3,(H,38,44)(H,39,45)(H,40,43)(H,41,42). The Morgan fingerprint density at radius 3 is 2.50 bits per heavy atom. The summed E-state index contributed by atoms with van der Waals surface area (Å²) in [7, 11) is 4.70. The topological polar surface area (TPSA) is 144 Å². The molecule has 1 aliphatic carbocycles. The third kappa shape index (κ3) is 8.07. The summed E-state index contributed by atoms with van der Waals surface area (Å²) in [5, 5.41) is 9.24. The van der Waals surface area contributed by atoms with E-state index in [0.717, 1.165) is 59.2 Å². The first kappa shape index (κ1) is 34.3. The Morgan fingerprint density at radius 2 is 1.75 bits per heavy atom. The Morgan fingerprint density at radius 1 is 0.938 bits per heavy atom. The van der Waals surface area contributed by atoms with Crippen molar-refractivity contribution in [2.75, 3.05) is 39.7 Å². The normalized spacial score (nSPS) is 13.5. The van der Waals surface area contributed by atoms with Gasteiger partial charge in [-0.05, 0) is 79.1 Å². The Hall–Kier alpha value is -5.06. The van der Waals surface area contributed by atoms with Gasteiger partial charge < -0.3 is 35.1 Å². The highest BCUT2D eigenvalue weighted by molar-refractivity contribution is 5.84. The molecule has 11 heteroatoms. The van der Waals surface area contributed by atoms with Crippen molar-refractivity contribution in [3.63, 3.8) is 0 Å². The number of aryl methyl sites for hydroxylation is 2. The predicted molar refractivity (Wildman–Crippen MR) is 187 cm³/mol. The number of rotatable bonds is 15. The SMILES string of the molecule is COc1cc2c(c(OC)c1OC)-c1ccc(NCCCC(=O)NCCCCCc3nc4ccccc4[nH]3)c(=O)cc1C(NC(C)=O)CC2. The van der Waals surface area contributed by atoms with Gasteiger partial charge in [0.25, 0.3) is 0 Å². The van der Waals surface area contributed by atoms with Crippen LogP contribution in [0.1, 0.15) is 68.4 Å². The number of ether oxygens (including phenoxy) is 3. The molecule has 1 heterocycles. The molecule has 4 aromatic rings. The molecule has 0 radical (unpaired) electrons. The zero-order valence-corrected chi connectivity index (χ0v) is 28.2. The number of hydrogen-bond donors (Lipinski definition) is 4. The van der Waals surface area contributed by atoms with Gasteiger partial charge in [-0.25, -0.2) is 4.98 Å². The van der Waals surface area contributed by atoms with Gasteiger partial charge in [0.05, 0.1) is 44.1 Å². The summed E-state index contributed by atoms with van der Waals surface area (Å²) in [5.41, 5.74) is 5.47. The van der Waals surface area contributed by atoms with Crippen LogP contribution in [-0.2, 0) is 22.4 Å². The van der Waals surface area contributed by atoms with Crippen LogP contribution in [-0.4, -0.2) is 56.2 Å². The summed E-state index contributed by atoms with van der Waals surface area (Å²) in [6.07, 6.45) is 5.92.